The first-order chi connectivity index (χ1) is 29.8. The number of primary amides is 1. The van der Waals surface area contributed by atoms with E-state index in [2.05, 4.69) is 55.3 Å². The molecule has 0 aliphatic carbocycles. The molecule has 0 radical (unpaired) electrons. The number of anilines is 1. The molecule has 4 aromatic carbocycles. The van der Waals surface area contributed by atoms with Crippen LogP contribution in [0.2, 0.25) is 20.1 Å². The van der Waals surface area contributed by atoms with Gasteiger partial charge in [-0.3, -0.25) is 24.2 Å². The Balaban J connectivity index is 0.000000187. The third-order valence-corrected chi connectivity index (χ3v) is 13.1. The van der Waals surface area contributed by atoms with Gasteiger partial charge in [0.15, 0.2) is 6.61 Å². The number of carbonyl (C=O) groups excluding carboxylic acids is 4. The summed E-state index contributed by atoms with van der Waals surface area (Å²) in [6.07, 6.45) is 8.35. The largest absolute Gasteiger partial charge is 0.482 e. The number of nitrogens with two attached hydrogens (primary N) is 1. The van der Waals surface area contributed by atoms with Crippen molar-refractivity contribution >= 4 is 75.8 Å². The lowest BCUT2D eigenvalue weighted by Crippen LogP contribution is -2.51. The Morgan fingerprint density at radius 1 is 0.613 bits per heavy atom. The van der Waals surface area contributed by atoms with Crippen molar-refractivity contribution in [3.05, 3.63) is 128 Å². The molecule has 6 N–H and O–H groups in total. The number of nitrogens with one attached hydrogen (secondary N) is 4. The SMILES string of the molecule is NC(=O)Nc1cc(Cl)ccc1OCC(=O)NC1CC2CCC(C1)N2Cc1ccc(Cl)cc1.O=C(CNC(=O)c1cccc(Cl)c1)NC1CC2CCC(C1)N2Cc1ccc(Cl)cc1. The summed E-state index contributed by atoms with van der Waals surface area (Å²) >= 11 is 23.9. The Morgan fingerprint density at radius 3 is 1.60 bits per heavy atom. The molecular formula is C46H51Cl4N7O5. The fourth-order valence-electron chi connectivity index (χ4n) is 9.34. The Morgan fingerprint density at radius 2 is 1.10 bits per heavy atom. The number of rotatable bonds is 13. The minimum atomic E-state index is -0.734. The fraction of sp³-hybridized carbons (Fsp3) is 0.391. The number of piperidine rings is 2. The Hall–Kier alpha value is -4.56. The van der Waals surface area contributed by atoms with E-state index in [0.29, 0.717) is 51.2 Å². The number of halogens is 4. The number of amides is 5. The number of urea groups is 1. The fourth-order valence-corrected chi connectivity index (χ4v) is 9.96. The summed E-state index contributed by atoms with van der Waals surface area (Å²) in [5.41, 5.74) is 8.48. The van der Waals surface area contributed by atoms with E-state index < -0.39 is 6.03 Å². The lowest BCUT2D eigenvalue weighted by atomic mass is 9.96. The van der Waals surface area contributed by atoms with E-state index in [4.69, 9.17) is 56.9 Å². The monoisotopic (exact) mass is 921 g/mol. The maximum atomic E-state index is 12.5. The average molecular weight is 924 g/mol. The number of hydrogen-bond acceptors (Lipinski definition) is 7. The molecule has 328 valence electrons. The molecule has 0 spiro atoms. The first-order valence-corrected chi connectivity index (χ1v) is 22.5. The first kappa shape index (κ1) is 45.5. The van der Waals surface area contributed by atoms with Crippen molar-refractivity contribution < 1.29 is 23.9 Å². The summed E-state index contributed by atoms with van der Waals surface area (Å²) in [7, 11) is 0. The predicted octanol–water partition coefficient (Wildman–Crippen LogP) is 8.21. The summed E-state index contributed by atoms with van der Waals surface area (Å²) in [6.45, 7) is 1.63. The molecule has 0 saturated carbocycles. The third kappa shape index (κ3) is 12.5. The van der Waals surface area contributed by atoms with E-state index in [1.54, 1.807) is 36.4 Å². The van der Waals surface area contributed by atoms with Gasteiger partial charge in [0.1, 0.15) is 5.75 Å². The zero-order valence-corrected chi connectivity index (χ0v) is 37.2. The van der Waals surface area contributed by atoms with Crippen LogP contribution in [0.3, 0.4) is 0 Å². The molecule has 12 nitrogen and oxygen atoms in total. The maximum Gasteiger partial charge on any atom is 0.316 e. The molecule has 16 heteroatoms. The van der Waals surface area contributed by atoms with Gasteiger partial charge in [0, 0.05) is 75.0 Å². The standard InChI is InChI=1S/C23H26Cl2N4O3.C23H25Cl2N3O2/c24-15-3-1-14(2-4-15)12-29-18-6-7-19(29)11-17(10-18)27-22(30)13-32-21-8-5-16(25)9-20(21)28-23(26)31;24-17-6-4-15(5-7-17)14-28-20-8-9-21(28)12-19(11-20)27-22(29)13-26-23(30)16-2-1-3-18(25)10-16/h1-5,8-9,17-19H,6-7,10-13H2,(H,27,30)(H3,26,28,31);1-7,10,19-21H,8-9,11-14H2,(H,26,30)(H,27,29). The lowest BCUT2D eigenvalue weighted by Gasteiger charge is -2.39. The van der Waals surface area contributed by atoms with E-state index in [-0.39, 0.29) is 43.0 Å². The van der Waals surface area contributed by atoms with Crippen LogP contribution in [-0.4, -0.2) is 83.0 Å². The lowest BCUT2D eigenvalue weighted by molar-refractivity contribution is -0.124. The van der Waals surface area contributed by atoms with Gasteiger partial charge in [0.2, 0.25) is 5.91 Å². The first-order valence-electron chi connectivity index (χ1n) is 21.0. The van der Waals surface area contributed by atoms with E-state index in [1.807, 2.05) is 24.3 Å². The van der Waals surface area contributed by atoms with Gasteiger partial charge in [0.25, 0.3) is 11.8 Å². The van der Waals surface area contributed by atoms with Crippen LogP contribution >= 0.6 is 46.4 Å². The number of fused-ring (bicyclic) bond motifs is 4. The normalized spacial score (nSPS) is 22.8. The minimum Gasteiger partial charge on any atom is -0.482 e. The van der Waals surface area contributed by atoms with Gasteiger partial charge in [-0.2, -0.15) is 0 Å². The topological polar surface area (TPSA) is 158 Å². The van der Waals surface area contributed by atoms with Gasteiger partial charge in [-0.05, 0) is 123 Å². The van der Waals surface area contributed by atoms with Crippen LogP contribution in [0.4, 0.5) is 10.5 Å². The van der Waals surface area contributed by atoms with Crippen molar-refractivity contribution in [3.63, 3.8) is 0 Å². The molecule has 4 bridgehead atoms. The molecule has 5 amide bonds. The van der Waals surface area contributed by atoms with Crippen LogP contribution in [0.5, 0.6) is 5.75 Å². The van der Waals surface area contributed by atoms with Crippen molar-refractivity contribution in [2.45, 2.75) is 101 Å². The van der Waals surface area contributed by atoms with E-state index in [9.17, 15) is 19.2 Å². The molecule has 4 atom stereocenters. The van der Waals surface area contributed by atoms with Crippen molar-refractivity contribution in [1.29, 1.82) is 0 Å². The van der Waals surface area contributed by atoms with Crippen LogP contribution in [0, 0.1) is 0 Å². The number of hydrogen-bond donors (Lipinski definition) is 5. The van der Waals surface area contributed by atoms with Gasteiger partial charge in [-0.1, -0.05) is 76.7 Å². The van der Waals surface area contributed by atoms with Crippen molar-refractivity contribution in [3.8, 4) is 5.75 Å². The van der Waals surface area contributed by atoms with Gasteiger partial charge in [-0.25, -0.2) is 4.79 Å². The Labute approximate surface area is 382 Å². The summed E-state index contributed by atoms with van der Waals surface area (Å²) in [5.74, 6) is -0.312. The van der Waals surface area contributed by atoms with Gasteiger partial charge >= 0.3 is 6.03 Å². The zero-order chi connectivity index (χ0) is 43.8. The van der Waals surface area contributed by atoms with Crippen molar-refractivity contribution in [2.24, 2.45) is 5.73 Å². The van der Waals surface area contributed by atoms with Crippen molar-refractivity contribution in [2.75, 3.05) is 18.5 Å². The smallest absolute Gasteiger partial charge is 0.316 e. The molecular weight excluding hydrogens is 872 g/mol. The number of carbonyl (C=O) groups is 4. The molecule has 4 aliphatic rings. The van der Waals surface area contributed by atoms with Gasteiger partial charge in [0.05, 0.1) is 12.2 Å². The molecule has 4 aliphatic heterocycles. The van der Waals surface area contributed by atoms with E-state index in [0.717, 1.165) is 74.5 Å². The van der Waals surface area contributed by atoms with Gasteiger partial charge < -0.3 is 31.7 Å². The molecule has 4 fully saturated rings. The molecule has 8 rings (SSSR count). The molecule has 0 aromatic heterocycles. The molecule has 4 saturated heterocycles. The number of ether oxygens (including phenoxy) is 1. The average Bonchev–Trinajstić information content (AvgIpc) is 3.60. The molecule has 4 heterocycles. The summed E-state index contributed by atoms with van der Waals surface area (Å²) in [6, 6.07) is 28.9. The highest BCUT2D eigenvalue weighted by Gasteiger charge is 2.42. The predicted molar refractivity (Wildman–Crippen MR) is 244 cm³/mol. The molecule has 4 unspecified atom stereocenters. The van der Waals surface area contributed by atoms with Crippen LogP contribution in [0.25, 0.3) is 0 Å². The highest BCUT2D eigenvalue weighted by molar-refractivity contribution is 6.31. The van der Waals surface area contributed by atoms with Crippen LogP contribution in [0.15, 0.2) is 91.0 Å². The Kier molecular flexibility index (Phi) is 15.6. The second-order valence-corrected chi connectivity index (χ2v) is 18.2. The summed E-state index contributed by atoms with van der Waals surface area (Å²) in [4.78, 5) is 53.4. The second kappa shape index (κ2) is 21.2. The number of nitrogens with zero attached hydrogens (tertiary/aromatic N) is 2. The van der Waals surface area contributed by atoms with Crippen LogP contribution < -0.4 is 31.7 Å². The van der Waals surface area contributed by atoms with Crippen LogP contribution in [0.1, 0.15) is 72.9 Å². The highest BCUT2D eigenvalue weighted by atomic mass is 35.5. The van der Waals surface area contributed by atoms with Crippen LogP contribution in [-0.2, 0) is 22.7 Å². The maximum absolute atomic E-state index is 12.5. The van der Waals surface area contributed by atoms with E-state index in [1.165, 1.54) is 17.2 Å². The summed E-state index contributed by atoms with van der Waals surface area (Å²) in [5, 5.41) is 13.8. The Bertz CT molecular complexity index is 2190. The quantitative estimate of drug-likeness (QED) is 0.0905. The zero-order valence-electron chi connectivity index (χ0n) is 34.1. The second-order valence-electron chi connectivity index (χ2n) is 16.5. The minimum absolute atomic E-state index is 0.0360. The van der Waals surface area contributed by atoms with E-state index >= 15 is 0 Å². The highest BCUT2D eigenvalue weighted by Crippen LogP contribution is 2.38. The van der Waals surface area contributed by atoms with Crippen molar-refractivity contribution in [1.82, 2.24) is 25.8 Å². The molecule has 62 heavy (non-hydrogen) atoms. The third-order valence-electron chi connectivity index (χ3n) is 12.1. The summed E-state index contributed by atoms with van der Waals surface area (Å²) < 4.78 is 5.61. The number of benzene rings is 4. The van der Waals surface area contributed by atoms with Gasteiger partial charge in [-0.15, -0.1) is 0 Å². The molecule has 4 aromatic rings.